The average Bonchev–Trinajstić information content (AvgIpc) is 3.21. The molecule has 2 N–H and O–H groups in total. The van der Waals surface area contributed by atoms with Crippen LogP contribution in [-0.2, 0) is 12.0 Å². The van der Waals surface area contributed by atoms with E-state index >= 15 is 0 Å². The van der Waals surface area contributed by atoms with E-state index in [1.165, 1.54) is 0 Å². The van der Waals surface area contributed by atoms with Crippen LogP contribution in [0.25, 0.3) is 0 Å². The van der Waals surface area contributed by atoms with Crippen molar-refractivity contribution in [1.82, 2.24) is 4.90 Å². The minimum Gasteiger partial charge on any atom is -0.492 e. The molecule has 0 aliphatic carbocycles. The molecule has 1 saturated heterocycles. The van der Waals surface area contributed by atoms with Crippen molar-refractivity contribution < 1.29 is 14.9 Å². The van der Waals surface area contributed by atoms with Gasteiger partial charge in [-0.25, -0.2) is 0 Å². The number of rotatable bonds is 8. The highest BCUT2D eigenvalue weighted by atomic mass is 35.5. The van der Waals surface area contributed by atoms with Crippen LogP contribution < -0.4 is 4.74 Å². The summed E-state index contributed by atoms with van der Waals surface area (Å²) in [7, 11) is 0. The Morgan fingerprint density at radius 3 is 2.19 bits per heavy atom. The molecule has 2 atom stereocenters. The van der Waals surface area contributed by atoms with Crippen LogP contribution in [0.4, 0.5) is 0 Å². The second kappa shape index (κ2) is 10.1. The highest BCUT2D eigenvalue weighted by molar-refractivity contribution is 6.30. The molecule has 0 saturated carbocycles. The molecule has 1 heterocycles. The van der Waals surface area contributed by atoms with Crippen LogP contribution in [0.2, 0.25) is 5.02 Å². The first kappa shape index (κ1) is 22.8. The van der Waals surface area contributed by atoms with Gasteiger partial charge in [-0.1, -0.05) is 65.7 Å². The number of halogens is 1. The van der Waals surface area contributed by atoms with Crippen LogP contribution in [0.1, 0.15) is 28.7 Å². The maximum atomic E-state index is 11.9. The van der Waals surface area contributed by atoms with Gasteiger partial charge < -0.3 is 14.9 Å². The van der Waals surface area contributed by atoms with Crippen LogP contribution >= 0.6 is 11.6 Å². The van der Waals surface area contributed by atoms with Crippen LogP contribution in [0.15, 0.2) is 72.8 Å². The standard InChI is InChI=1S/C27H30ClNO3/c1-20-2-6-22(7-3-20)27(31,18-21-4-10-24(28)11-5-21)23-8-12-26(13-9-23)32-17-16-29-15-14-25(30)19-29/h2-13,25,30-31H,14-19H2,1H3/t25-,27?/m1/s1. The average molecular weight is 452 g/mol. The predicted molar refractivity (Wildman–Crippen MR) is 128 cm³/mol. The molecular weight excluding hydrogens is 422 g/mol. The van der Waals surface area contributed by atoms with E-state index in [0.717, 1.165) is 54.1 Å². The zero-order valence-corrected chi connectivity index (χ0v) is 19.1. The van der Waals surface area contributed by atoms with E-state index in [1.807, 2.05) is 79.7 Å². The summed E-state index contributed by atoms with van der Waals surface area (Å²) in [6, 6.07) is 23.3. The SMILES string of the molecule is Cc1ccc(C(O)(Cc2ccc(Cl)cc2)c2ccc(OCCN3CC[C@@H](O)C3)cc2)cc1. The number of likely N-dealkylation sites (tertiary alicyclic amines) is 1. The van der Waals surface area contributed by atoms with E-state index in [4.69, 9.17) is 16.3 Å². The Labute approximate surface area is 195 Å². The summed E-state index contributed by atoms with van der Waals surface area (Å²) in [6.07, 6.45) is 1.05. The first-order valence-corrected chi connectivity index (χ1v) is 11.5. The van der Waals surface area contributed by atoms with Gasteiger partial charge >= 0.3 is 0 Å². The Hall–Kier alpha value is -2.37. The third-order valence-electron chi connectivity index (χ3n) is 6.16. The highest BCUT2D eigenvalue weighted by Crippen LogP contribution is 2.34. The first-order chi connectivity index (χ1) is 15.4. The van der Waals surface area contributed by atoms with Crippen molar-refractivity contribution >= 4 is 11.6 Å². The maximum absolute atomic E-state index is 11.9. The zero-order chi connectivity index (χ0) is 22.6. The number of nitrogens with zero attached hydrogens (tertiary/aromatic N) is 1. The van der Waals surface area contributed by atoms with Crippen molar-refractivity contribution in [3.63, 3.8) is 0 Å². The Morgan fingerprint density at radius 2 is 1.59 bits per heavy atom. The third kappa shape index (κ3) is 5.51. The number of aliphatic hydroxyl groups is 2. The molecule has 1 fully saturated rings. The van der Waals surface area contributed by atoms with Crippen molar-refractivity contribution in [3.8, 4) is 5.75 Å². The molecule has 0 radical (unpaired) electrons. The highest BCUT2D eigenvalue weighted by Gasteiger charge is 2.32. The summed E-state index contributed by atoms with van der Waals surface area (Å²) in [4.78, 5) is 2.21. The van der Waals surface area contributed by atoms with Crippen molar-refractivity contribution in [1.29, 1.82) is 0 Å². The quantitative estimate of drug-likeness (QED) is 0.526. The lowest BCUT2D eigenvalue weighted by molar-refractivity contribution is 0.0810. The Bertz CT molecular complexity index is 1000. The van der Waals surface area contributed by atoms with Crippen molar-refractivity contribution in [3.05, 3.63) is 100 Å². The minimum absolute atomic E-state index is 0.214. The number of aliphatic hydroxyl groups excluding tert-OH is 1. The number of β-amino-alcohol motifs (C(OH)–C–C–N with tert-alkyl or cyclic N) is 1. The normalized spacial score (nSPS) is 18.4. The second-order valence-electron chi connectivity index (χ2n) is 8.65. The summed E-state index contributed by atoms with van der Waals surface area (Å²) in [5.41, 5.74) is 2.64. The molecule has 0 amide bonds. The van der Waals surface area contributed by atoms with Gasteiger partial charge in [0.15, 0.2) is 0 Å². The maximum Gasteiger partial charge on any atom is 0.119 e. The van der Waals surface area contributed by atoms with Gasteiger partial charge in [-0.05, 0) is 54.3 Å². The molecule has 1 aliphatic heterocycles. The molecule has 0 spiro atoms. The van der Waals surface area contributed by atoms with E-state index in [1.54, 1.807) is 0 Å². The van der Waals surface area contributed by atoms with Crippen molar-refractivity contribution in [2.75, 3.05) is 26.2 Å². The van der Waals surface area contributed by atoms with Gasteiger partial charge in [-0.15, -0.1) is 0 Å². The Morgan fingerprint density at radius 1 is 0.969 bits per heavy atom. The number of benzene rings is 3. The van der Waals surface area contributed by atoms with Crippen molar-refractivity contribution in [2.24, 2.45) is 0 Å². The molecule has 3 aromatic carbocycles. The molecular formula is C27H30ClNO3. The fraction of sp³-hybridized carbons (Fsp3) is 0.333. The second-order valence-corrected chi connectivity index (χ2v) is 9.08. The molecule has 0 aromatic heterocycles. The minimum atomic E-state index is -1.17. The fourth-order valence-electron chi connectivity index (χ4n) is 4.23. The van der Waals surface area contributed by atoms with E-state index < -0.39 is 5.60 Å². The van der Waals surface area contributed by atoms with Crippen LogP contribution in [0.3, 0.4) is 0 Å². The van der Waals surface area contributed by atoms with Crippen LogP contribution in [0, 0.1) is 6.92 Å². The van der Waals surface area contributed by atoms with Crippen LogP contribution in [0.5, 0.6) is 5.75 Å². The lowest BCUT2D eigenvalue weighted by Crippen LogP contribution is -2.30. The molecule has 0 bridgehead atoms. The van der Waals surface area contributed by atoms with E-state index in [2.05, 4.69) is 4.90 Å². The molecule has 1 aliphatic rings. The van der Waals surface area contributed by atoms with Gasteiger partial charge in [-0.3, -0.25) is 4.90 Å². The summed E-state index contributed by atoms with van der Waals surface area (Å²) in [6.45, 7) is 5.03. The summed E-state index contributed by atoms with van der Waals surface area (Å²) in [5.74, 6) is 0.770. The number of aryl methyl sites for hydroxylation is 1. The van der Waals surface area contributed by atoms with E-state index in [9.17, 15) is 10.2 Å². The molecule has 32 heavy (non-hydrogen) atoms. The van der Waals surface area contributed by atoms with Gasteiger partial charge in [0.2, 0.25) is 0 Å². The zero-order valence-electron chi connectivity index (χ0n) is 18.4. The van der Waals surface area contributed by atoms with Gasteiger partial charge in [0.1, 0.15) is 18.0 Å². The lowest BCUT2D eigenvalue weighted by Gasteiger charge is -2.30. The van der Waals surface area contributed by atoms with E-state index in [-0.39, 0.29) is 6.10 Å². The first-order valence-electron chi connectivity index (χ1n) is 11.1. The van der Waals surface area contributed by atoms with E-state index in [0.29, 0.717) is 18.1 Å². The topological polar surface area (TPSA) is 52.9 Å². The molecule has 3 aromatic rings. The number of hydrogen-bond donors (Lipinski definition) is 2. The molecule has 168 valence electrons. The predicted octanol–water partition coefficient (Wildman–Crippen LogP) is 4.57. The third-order valence-corrected chi connectivity index (χ3v) is 6.41. The van der Waals surface area contributed by atoms with Gasteiger partial charge in [0.05, 0.1) is 6.10 Å². The molecule has 4 nitrogen and oxygen atoms in total. The largest absolute Gasteiger partial charge is 0.492 e. The molecule has 1 unspecified atom stereocenters. The molecule has 4 rings (SSSR count). The Kier molecular flexibility index (Phi) is 7.17. The summed E-state index contributed by atoms with van der Waals surface area (Å²) < 4.78 is 5.90. The number of hydrogen-bond acceptors (Lipinski definition) is 4. The number of ether oxygens (including phenoxy) is 1. The Balaban J connectivity index is 1.51. The monoisotopic (exact) mass is 451 g/mol. The summed E-state index contributed by atoms with van der Waals surface area (Å²) >= 11 is 6.05. The lowest BCUT2D eigenvalue weighted by atomic mass is 9.81. The van der Waals surface area contributed by atoms with Gasteiger partial charge in [0, 0.05) is 31.1 Å². The fourth-order valence-corrected chi connectivity index (χ4v) is 4.36. The smallest absolute Gasteiger partial charge is 0.119 e. The van der Waals surface area contributed by atoms with Gasteiger partial charge in [0.25, 0.3) is 0 Å². The molecule has 5 heteroatoms. The van der Waals surface area contributed by atoms with Gasteiger partial charge in [-0.2, -0.15) is 0 Å². The van der Waals surface area contributed by atoms with Crippen LogP contribution in [-0.4, -0.2) is 47.5 Å². The van der Waals surface area contributed by atoms with Crippen molar-refractivity contribution in [2.45, 2.75) is 31.5 Å². The summed E-state index contributed by atoms with van der Waals surface area (Å²) in [5, 5.41) is 22.2.